The molecule has 3 nitrogen and oxygen atoms in total. The van der Waals surface area contributed by atoms with Crippen LogP contribution in [0.15, 0.2) is 18.3 Å². The average molecular weight is 217 g/mol. The van der Waals surface area contributed by atoms with E-state index < -0.39 is 0 Å². The summed E-state index contributed by atoms with van der Waals surface area (Å²) >= 11 is 0. The van der Waals surface area contributed by atoms with E-state index in [0.717, 1.165) is 25.2 Å². The fourth-order valence-corrected chi connectivity index (χ4v) is 1.29. The van der Waals surface area contributed by atoms with Gasteiger partial charge in [-0.2, -0.15) is 5.26 Å². The van der Waals surface area contributed by atoms with Crippen LogP contribution in [-0.2, 0) is 6.54 Å². The van der Waals surface area contributed by atoms with Crippen LogP contribution in [0.5, 0.6) is 0 Å². The number of pyridine rings is 1. The third kappa shape index (κ3) is 4.41. The van der Waals surface area contributed by atoms with E-state index in [-0.39, 0.29) is 5.41 Å². The van der Waals surface area contributed by atoms with Gasteiger partial charge in [0.1, 0.15) is 0 Å². The van der Waals surface area contributed by atoms with E-state index in [1.54, 1.807) is 0 Å². The van der Waals surface area contributed by atoms with E-state index >= 15 is 0 Å². The first-order valence-electron chi connectivity index (χ1n) is 5.57. The first kappa shape index (κ1) is 12.7. The minimum atomic E-state index is -0.238. The molecule has 16 heavy (non-hydrogen) atoms. The fourth-order valence-electron chi connectivity index (χ4n) is 1.29. The minimum absolute atomic E-state index is 0.238. The van der Waals surface area contributed by atoms with E-state index in [1.807, 2.05) is 33.0 Å². The fraction of sp³-hybridized carbons (Fsp3) is 0.538. The van der Waals surface area contributed by atoms with E-state index in [4.69, 9.17) is 5.26 Å². The van der Waals surface area contributed by atoms with Crippen LogP contribution in [0.25, 0.3) is 0 Å². The van der Waals surface area contributed by atoms with Crippen molar-refractivity contribution in [3.8, 4) is 6.07 Å². The minimum Gasteiger partial charge on any atom is -0.313 e. The van der Waals surface area contributed by atoms with Crippen molar-refractivity contribution >= 4 is 0 Å². The Morgan fingerprint density at radius 2 is 2.19 bits per heavy atom. The molecular formula is C13H19N3. The smallest absolute Gasteiger partial charge is 0.0684 e. The molecule has 86 valence electrons. The van der Waals surface area contributed by atoms with Crippen LogP contribution >= 0.6 is 0 Å². The molecule has 0 aromatic carbocycles. The lowest BCUT2D eigenvalue weighted by molar-refractivity contribution is 0.432. The summed E-state index contributed by atoms with van der Waals surface area (Å²) in [6.07, 6.45) is 2.75. The van der Waals surface area contributed by atoms with Crippen molar-refractivity contribution < 1.29 is 0 Å². The maximum atomic E-state index is 8.85. The third-order valence-electron chi connectivity index (χ3n) is 2.53. The van der Waals surface area contributed by atoms with Gasteiger partial charge in [0.25, 0.3) is 0 Å². The highest BCUT2D eigenvalue weighted by Crippen LogP contribution is 2.17. The van der Waals surface area contributed by atoms with Gasteiger partial charge in [0.15, 0.2) is 0 Å². The summed E-state index contributed by atoms with van der Waals surface area (Å²) in [6.45, 7) is 7.57. The first-order chi connectivity index (χ1) is 7.53. The van der Waals surface area contributed by atoms with Crippen molar-refractivity contribution in [1.82, 2.24) is 10.3 Å². The maximum absolute atomic E-state index is 8.85. The molecule has 0 saturated carbocycles. The van der Waals surface area contributed by atoms with Gasteiger partial charge in [0, 0.05) is 18.4 Å². The molecule has 0 saturated heterocycles. The third-order valence-corrected chi connectivity index (χ3v) is 2.53. The second-order valence-corrected chi connectivity index (χ2v) is 4.73. The highest BCUT2D eigenvalue weighted by atomic mass is 14.9. The van der Waals surface area contributed by atoms with Gasteiger partial charge in [0.2, 0.25) is 0 Å². The Morgan fingerprint density at radius 3 is 2.75 bits per heavy atom. The number of aryl methyl sites for hydroxylation is 1. The van der Waals surface area contributed by atoms with Crippen molar-refractivity contribution in [1.29, 1.82) is 5.26 Å². The van der Waals surface area contributed by atoms with Gasteiger partial charge in [-0.25, -0.2) is 0 Å². The normalized spacial score (nSPS) is 11.1. The highest BCUT2D eigenvalue weighted by molar-refractivity contribution is 5.12. The summed E-state index contributed by atoms with van der Waals surface area (Å²) in [5.74, 6) is 0. The van der Waals surface area contributed by atoms with Crippen LogP contribution in [0, 0.1) is 23.7 Å². The quantitative estimate of drug-likeness (QED) is 0.770. The second kappa shape index (κ2) is 5.62. The summed E-state index contributed by atoms with van der Waals surface area (Å²) in [4.78, 5) is 4.23. The first-order valence-corrected chi connectivity index (χ1v) is 5.57. The molecule has 0 aliphatic rings. The zero-order chi connectivity index (χ0) is 12.0. The van der Waals surface area contributed by atoms with Crippen molar-refractivity contribution in [3.63, 3.8) is 0 Å². The van der Waals surface area contributed by atoms with Crippen molar-refractivity contribution in [2.75, 3.05) is 6.54 Å². The summed E-state index contributed by atoms with van der Waals surface area (Å²) in [5.41, 5.74) is 1.98. The van der Waals surface area contributed by atoms with Gasteiger partial charge < -0.3 is 5.32 Å². The van der Waals surface area contributed by atoms with E-state index in [2.05, 4.69) is 22.4 Å². The Balaban J connectivity index is 2.27. The van der Waals surface area contributed by atoms with Crippen molar-refractivity contribution in [2.24, 2.45) is 5.41 Å². The highest BCUT2D eigenvalue weighted by Gasteiger charge is 2.15. The molecule has 0 fully saturated rings. The zero-order valence-electron chi connectivity index (χ0n) is 10.2. The van der Waals surface area contributed by atoms with Crippen LogP contribution in [-0.4, -0.2) is 11.5 Å². The number of nitrogens with one attached hydrogen (secondary N) is 1. The molecule has 1 N–H and O–H groups in total. The summed E-state index contributed by atoms with van der Waals surface area (Å²) < 4.78 is 0. The van der Waals surface area contributed by atoms with Crippen LogP contribution in [0.4, 0.5) is 0 Å². The molecule has 0 atom stereocenters. The maximum Gasteiger partial charge on any atom is 0.0684 e. The Morgan fingerprint density at radius 1 is 1.44 bits per heavy atom. The molecule has 3 heteroatoms. The summed E-state index contributed by atoms with van der Waals surface area (Å²) in [6, 6.07) is 6.38. The monoisotopic (exact) mass is 217 g/mol. The summed E-state index contributed by atoms with van der Waals surface area (Å²) in [7, 11) is 0. The number of aromatic nitrogens is 1. The molecule has 0 aliphatic carbocycles. The molecule has 1 heterocycles. The van der Waals surface area contributed by atoms with Gasteiger partial charge in [-0.1, -0.05) is 6.07 Å². The number of hydrogen-bond acceptors (Lipinski definition) is 3. The molecule has 1 rings (SSSR count). The lowest BCUT2D eigenvalue weighted by atomic mass is 9.91. The van der Waals surface area contributed by atoms with Crippen LogP contribution in [0.2, 0.25) is 0 Å². The van der Waals surface area contributed by atoms with E-state index in [1.165, 1.54) is 5.56 Å². The predicted octanol–water partition coefficient (Wildman–Crippen LogP) is 2.42. The van der Waals surface area contributed by atoms with Crippen LogP contribution < -0.4 is 5.32 Å². The molecule has 0 radical (unpaired) electrons. The molecule has 1 aromatic heterocycles. The second-order valence-electron chi connectivity index (χ2n) is 4.73. The zero-order valence-corrected chi connectivity index (χ0v) is 10.2. The number of nitriles is 1. The molecule has 0 unspecified atom stereocenters. The van der Waals surface area contributed by atoms with Gasteiger partial charge in [-0.05, 0) is 45.4 Å². The largest absolute Gasteiger partial charge is 0.313 e. The Labute approximate surface area is 97.5 Å². The van der Waals surface area contributed by atoms with Crippen molar-refractivity contribution in [3.05, 3.63) is 29.6 Å². The lowest BCUT2D eigenvalue weighted by Gasteiger charge is -2.14. The van der Waals surface area contributed by atoms with Gasteiger partial charge in [-0.15, -0.1) is 0 Å². The van der Waals surface area contributed by atoms with E-state index in [9.17, 15) is 0 Å². The van der Waals surface area contributed by atoms with E-state index in [0.29, 0.717) is 0 Å². The molecule has 0 spiro atoms. The average Bonchev–Trinajstić information content (AvgIpc) is 2.27. The van der Waals surface area contributed by atoms with Gasteiger partial charge >= 0.3 is 0 Å². The Hall–Kier alpha value is -1.40. The van der Waals surface area contributed by atoms with Crippen LogP contribution in [0.3, 0.4) is 0 Å². The van der Waals surface area contributed by atoms with Crippen LogP contribution in [0.1, 0.15) is 31.5 Å². The number of nitrogens with zero attached hydrogens (tertiary/aromatic N) is 2. The topological polar surface area (TPSA) is 48.7 Å². The number of rotatable bonds is 5. The molecule has 0 amide bonds. The number of hydrogen-bond donors (Lipinski definition) is 1. The summed E-state index contributed by atoms with van der Waals surface area (Å²) in [5, 5.41) is 12.2. The van der Waals surface area contributed by atoms with Gasteiger partial charge in [-0.3, -0.25) is 4.98 Å². The standard InChI is InChI=1S/C13H19N3/c1-11-4-5-12(9-16-11)8-15-7-6-13(2,3)10-14/h4-5,9,15H,6-8H2,1-3H3. The Kier molecular flexibility index (Phi) is 4.45. The predicted molar refractivity (Wildman–Crippen MR) is 64.7 cm³/mol. The molecular weight excluding hydrogens is 198 g/mol. The SMILES string of the molecule is Cc1ccc(CNCCC(C)(C)C#N)cn1. The molecule has 0 aliphatic heterocycles. The Bertz CT molecular complexity index is 360. The molecule has 0 bridgehead atoms. The van der Waals surface area contributed by atoms with Gasteiger partial charge in [0.05, 0.1) is 11.5 Å². The van der Waals surface area contributed by atoms with Crippen molar-refractivity contribution in [2.45, 2.75) is 33.7 Å². The lowest BCUT2D eigenvalue weighted by Crippen LogP contribution is -2.21. The molecule has 1 aromatic rings.